The molecule has 0 aliphatic heterocycles. The SMILES string of the molecule is Cc1cccc(C(=O)NC(NC(=S)Nc2ccc(C(=O)O)cc2)C(Cl)(Cl)Cl)c1. The van der Waals surface area contributed by atoms with Crippen molar-refractivity contribution in [1.82, 2.24) is 10.6 Å². The molecule has 28 heavy (non-hydrogen) atoms. The highest BCUT2D eigenvalue weighted by atomic mass is 35.6. The van der Waals surface area contributed by atoms with E-state index < -0.39 is 21.8 Å². The Morgan fingerprint density at radius 1 is 1.04 bits per heavy atom. The van der Waals surface area contributed by atoms with E-state index in [2.05, 4.69) is 16.0 Å². The van der Waals surface area contributed by atoms with Gasteiger partial charge in [0.25, 0.3) is 5.91 Å². The molecule has 6 nitrogen and oxygen atoms in total. The van der Waals surface area contributed by atoms with Crippen molar-refractivity contribution in [1.29, 1.82) is 0 Å². The summed E-state index contributed by atoms with van der Waals surface area (Å²) in [4.78, 5) is 23.3. The molecule has 2 aromatic rings. The number of nitrogens with one attached hydrogen (secondary N) is 3. The predicted molar refractivity (Wildman–Crippen MR) is 115 cm³/mol. The number of carboxylic acids is 1. The number of hydrogen-bond donors (Lipinski definition) is 4. The van der Waals surface area contributed by atoms with Crippen molar-refractivity contribution in [3.63, 3.8) is 0 Å². The molecule has 0 aromatic heterocycles. The number of carbonyl (C=O) groups excluding carboxylic acids is 1. The minimum Gasteiger partial charge on any atom is -0.478 e. The van der Waals surface area contributed by atoms with Gasteiger partial charge in [-0.1, -0.05) is 52.5 Å². The van der Waals surface area contributed by atoms with Crippen LogP contribution < -0.4 is 16.0 Å². The Labute approximate surface area is 182 Å². The van der Waals surface area contributed by atoms with Crippen LogP contribution in [0.4, 0.5) is 5.69 Å². The van der Waals surface area contributed by atoms with E-state index in [9.17, 15) is 9.59 Å². The highest BCUT2D eigenvalue weighted by molar-refractivity contribution is 7.80. The molecule has 0 bridgehead atoms. The summed E-state index contributed by atoms with van der Waals surface area (Å²) in [7, 11) is 0. The van der Waals surface area contributed by atoms with E-state index in [1.807, 2.05) is 13.0 Å². The molecule has 148 valence electrons. The number of aromatic carboxylic acids is 1. The summed E-state index contributed by atoms with van der Waals surface area (Å²) in [5, 5.41) is 17.1. The Hall–Kier alpha value is -2.06. The first-order valence-electron chi connectivity index (χ1n) is 7.91. The lowest BCUT2D eigenvalue weighted by atomic mass is 10.1. The maximum absolute atomic E-state index is 12.4. The normalized spacial score (nSPS) is 12.0. The van der Waals surface area contributed by atoms with Crippen LogP contribution in [0.2, 0.25) is 0 Å². The third kappa shape index (κ3) is 6.53. The third-order valence-electron chi connectivity index (χ3n) is 3.55. The summed E-state index contributed by atoms with van der Waals surface area (Å²) in [6.07, 6.45) is -1.12. The summed E-state index contributed by atoms with van der Waals surface area (Å²) in [5.74, 6) is -1.48. The number of rotatable bonds is 5. The van der Waals surface area contributed by atoms with Crippen LogP contribution in [-0.4, -0.2) is 32.1 Å². The lowest BCUT2D eigenvalue weighted by Gasteiger charge is -2.27. The number of halogens is 3. The molecular formula is C18H16Cl3N3O3S. The fraction of sp³-hybridized carbons (Fsp3) is 0.167. The van der Waals surface area contributed by atoms with E-state index in [0.29, 0.717) is 11.3 Å². The first-order chi connectivity index (χ1) is 13.1. The first-order valence-corrected chi connectivity index (χ1v) is 9.45. The molecule has 1 amide bonds. The van der Waals surface area contributed by atoms with Gasteiger partial charge in [0.05, 0.1) is 5.56 Å². The highest BCUT2D eigenvalue weighted by Crippen LogP contribution is 2.29. The minimum absolute atomic E-state index is 0.0731. The van der Waals surface area contributed by atoms with E-state index in [0.717, 1.165) is 5.56 Å². The second-order valence-corrected chi connectivity index (χ2v) is 8.58. The largest absolute Gasteiger partial charge is 0.478 e. The topological polar surface area (TPSA) is 90.5 Å². The van der Waals surface area contributed by atoms with Gasteiger partial charge in [0.2, 0.25) is 3.79 Å². The molecule has 0 aliphatic carbocycles. The maximum Gasteiger partial charge on any atom is 0.335 e. The molecule has 0 saturated carbocycles. The first kappa shape index (κ1) is 22.2. The van der Waals surface area contributed by atoms with Crippen molar-refractivity contribution in [2.45, 2.75) is 16.9 Å². The Balaban J connectivity index is 2.06. The molecule has 0 heterocycles. The molecular weight excluding hydrogens is 445 g/mol. The fourth-order valence-electron chi connectivity index (χ4n) is 2.19. The smallest absolute Gasteiger partial charge is 0.335 e. The van der Waals surface area contributed by atoms with Crippen molar-refractivity contribution < 1.29 is 14.7 Å². The number of alkyl halides is 3. The van der Waals surface area contributed by atoms with Gasteiger partial charge in [-0.3, -0.25) is 4.79 Å². The number of amides is 1. The highest BCUT2D eigenvalue weighted by Gasteiger charge is 2.34. The van der Waals surface area contributed by atoms with Crippen LogP contribution in [0.25, 0.3) is 0 Å². The monoisotopic (exact) mass is 459 g/mol. The average Bonchev–Trinajstić information content (AvgIpc) is 2.60. The number of aryl methyl sites for hydroxylation is 1. The molecule has 0 fully saturated rings. The van der Waals surface area contributed by atoms with Crippen molar-refractivity contribution in [2.75, 3.05) is 5.32 Å². The average molecular weight is 461 g/mol. The van der Waals surface area contributed by atoms with Gasteiger partial charge in [0.1, 0.15) is 6.17 Å². The molecule has 0 saturated heterocycles. The third-order valence-corrected chi connectivity index (χ3v) is 4.42. The Bertz CT molecular complexity index is 886. The Morgan fingerprint density at radius 2 is 1.68 bits per heavy atom. The summed E-state index contributed by atoms with van der Waals surface area (Å²) in [6.45, 7) is 1.86. The summed E-state index contributed by atoms with van der Waals surface area (Å²) in [5.41, 5.74) is 1.97. The molecule has 10 heteroatoms. The van der Waals surface area contributed by atoms with Crippen LogP contribution in [-0.2, 0) is 0 Å². The van der Waals surface area contributed by atoms with Crippen molar-refractivity contribution in [3.05, 3.63) is 65.2 Å². The van der Waals surface area contributed by atoms with Crippen LogP contribution in [0.1, 0.15) is 26.3 Å². The Morgan fingerprint density at radius 3 is 2.21 bits per heavy atom. The quantitative estimate of drug-likeness (QED) is 0.305. The summed E-state index contributed by atoms with van der Waals surface area (Å²) < 4.78 is -1.89. The van der Waals surface area contributed by atoms with Gasteiger partial charge < -0.3 is 21.1 Å². The Kier molecular flexibility index (Phi) is 7.48. The molecule has 0 aliphatic rings. The molecule has 1 atom stereocenters. The second-order valence-electron chi connectivity index (χ2n) is 5.80. The van der Waals surface area contributed by atoms with Crippen molar-refractivity contribution in [3.8, 4) is 0 Å². The van der Waals surface area contributed by atoms with Gasteiger partial charge in [0.15, 0.2) is 5.11 Å². The van der Waals surface area contributed by atoms with E-state index in [4.69, 9.17) is 52.1 Å². The fourth-order valence-corrected chi connectivity index (χ4v) is 2.76. The zero-order chi connectivity index (χ0) is 20.9. The minimum atomic E-state index is -1.89. The molecule has 0 spiro atoms. The molecule has 2 rings (SSSR count). The summed E-state index contributed by atoms with van der Waals surface area (Å²) in [6, 6.07) is 12.8. The van der Waals surface area contributed by atoms with Gasteiger partial charge in [-0.05, 0) is 55.5 Å². The second kappa shape index (κ2) is 9.43. The zero-order valence-electron chi connectivity index (χ0n) is 14.5. The van der Waals surface area contributed by atoms with Crippen LogP contribution in [0, 0.1) is 6.92 Å². The van der Waals surface area contributed by atoms with E-state index in [1.54, 1.807) is 18.2 Å². The molecule has 2 aromatic carbocycles. The van der Waals surface area contributed by atoms with Gasteiger partial charge in [-0.15, -0.1) is 0 Å². The molecule has 4 N–H and O–H groups in total. The molecule has 0 radical (unpaired) electrons. The van der Waals surface area contributed by atoms with Gasteiger partial charge in [0, 0.05) is 11.3 Å². The van der Waals surface area contributed by atoms with Gasteiger partial charge in [-0.25, -0.2) is 4.79 Å². The van der Waals surface area contributed by atoms with Crippen molar-refractivity contribution >= 4 is 69.7 Å². The van der Waals surface area contributed by atoms with E-state index >= 15 is 0 Å². The number of carboxylic acid groups (broad SMARTS) is 1. The van der Waals surface area contributed by atoms with Crippen LogP contribution in [0.3, 0.4) is 0 Å². The van der Waals surface area contributed by atoms with E-state index in [1.165, 1.54) is 24.3 Å². The van der Waals surface area contributed by atoms with Crippen LogP contribution >= 0.6 is 47.0 Å². The standard InChI is InChI=1S/C18H16Cl3N3O3S/c1-10-3-2-4-12(9-10)14(25)23-16(18(19,20)21)24-17(28)22-13-7-5-11(6-8-13)15(26)27/h2-9,16H,1H3,(H,23,25)(H,26,27)(H2,22,24,28). The lowest BCUT2D eigenvalue weighted by molar-refractivity contribution is 0.0696. The van der Waals surface area contributed by atoms with E-state index in [-0.39, 0.29) is 10.7 Å². The lowest BCUT2D eigenvalue weighted by Crippen LogP contribution is -2.56. The predicted octanol–water partition coefficient (Wildman–Crippen LogP) is 4.11. The maximum atomic E-state index is 12.4. The zero-order valence-corrected chi connectivity index (χ0v) is 17.6. The van der Waals surface area contributed by atoms with Gasteiger partial charge >= 0.3 is 5.97 Å². The number of thiocarbonyl (C=S) groups is 1. The van der Waals surface area contributed by atoms with Crippen LogP contribution in [0.5, 0.6) is 0 Å². The van der Waals surface area contributed by atoms with Crippen molar-refractivity contribution in [2.24, 2.45) is 0 Å². The number of anilines is 1. The number of hydrogen-bond acceptors (Lipinski definition) is 3. The molecule has 1 unspecified atom stereocenters. The van der Waals surface area contributed by atoms with Crippen LogP contribution in [0.15, 0.2) is 48.5 Å². The summed E-state index contributed by atoms with van der Waals surface area (Å²) >= 11 is 23.1. The number of benzene rings is 2. The van der Waals surface area contributed by atoms with Gasteiger partial charge in [-0.2, -0.15) is 0 Å². The number of carbonyl (C=O) groups is 2.